The minimum absolute atomic E-state index is 0.482. The molecule has 5 rings (SSSR count). The van der Waals surface area contributed by atoms with E-state index in [2.05, 4.69) is 56.6 Å². The maximum Gasteiger partial charge on any atom is 0.418 e. The van der Waals surface area contributed by atoms with Crippen LogP contribution in [0.3, 0.4) is 0 Å². The van der Waals surface area contributed by atoms with Crippen LogP contribution in [0.2, 0.25) is 0 Å². The molecule has 3 heterocycles. The van der Waals surface area contributed by atoms with Crippen LogP contribution in [-0.2, 0) is 17.8 Å². The van der Waals surface area contributed by atoms with Gasteiger partial charge in [0.05, 0.1) is 5.52 Å². The average Bonchev–Trinajstić information content (AvgIpc) is 3.48. The van der Waals surface area contributed by atoms with Gasteiger partial charge in [-0.05, 0) is 63.1 Å². The van der Waals surface area contributed by atoms with Gasteiger partial charge in [0.2, 0.25) is 0 Å². The second-order valence-electron chi connectivity index (χ2n) is 9.94. The predicted octanol–water partition coefficient (Wildman–Crippen LogP) is 5.77. The Kier molecular flexibility index (Phi) is 7.26. The van der Waals surface area contributed by atoms with Crippen LogP contribution in [0.15, 0.2) is 72.9 Å². The van der Waals surface area contributed by atoms with Crippen LogP contribution >= 0.6 is 12.1 Å². The van der Waals surface area contributed by atoms with Crippen LogP contribution in [0.4, 0.5) is 10.6 Å². The topological polar surface area (TPSA) is 97.5 Å². The number of carbonyl (C=O) groups excluding carboxylic acids is 1. The Morgan fingerprint density at radius 3 is 2.58 bits per heavy atom. The number of aromatic nitrogens is 4. The summed E-state index contributed by atoms with van der Waals surface area (Å²) in [5, 5.41) is 9.38. The van der Waals surface area contributed by atoms with E-state index in [0.717, 1.165) is 45.6 Å². The second-order valence-corrected chi connectivity index (χ2v) is 10.6. The summed E-state index contributed by atoms with van der Waals surface area (Å²) in [5.41, 5.74) is 4.67. The fourth-order valence-electron chi connectivity index (χ4n) is 4.26. The van der Waals surface area contributed by atoms with Crippen molar-refractivity contribution >= 4 is 40.5 Å². The Bertz CT molecular complexity index is 1570. The summed E-state index contributed by atoms with van der Waals surface area (Å²) in [6.45, 7) is 8.75. The molecule has 0 radical (unpaired) electrons. The zero-order chi connectivity index (χ0) is 26.7. The van der Waals surface area contributed by atoms with Gasteiger partial charge in [0.15, 0.2) is 5.82 Å². The molecule has 0 aliphatic carbocycles. The van der Waals surface area contributed by atoms with Crippen molar-refractivity contribution in [1.29, 1.82) is 0 Å². The summed E-state index contributed by atoms with van der Waals surface area (Å²) >= 11 is 1.10. The lowest BCUT2D eigenvalue weighted by atomic mass is 10.1. The van der Waals surface area contributed by atoms with Gasteiger partial charge in [-0.3, -0.25) is 9.29 Å². The molecule has 3 aromatic heterocycles. The minimum Gasteiger partial charge on any atom is -0.443 e. The first kappa shape index (κ1) is 25.6. The fourth-order valence-corrected chi connectivity index (χ4v) is 4.69. The van der Waals surface area contributed by atoms with Gasteiger partial charge in [0.25, 0.3) is 5.95 Å². The van der Waals surface area contributed by atoms with E-state index in [1.54, 1.807) is 0 Å². The monoisotopic (exact) mass is 529 g/mol. The van der Waals surface area contributed by atoms with E-state index in [-0.39, 0.29) is 0 Å². The summed E-state index contributed by atoms with van der Waals surface area (Å²) in [5.74, 6) is 1.36. The predicted molar refractivity (Wildman–Crippen MR) is 152 cm³/mol. The quantitative estimate of drug-likeness (QED) is 0.173. The number of anilines is 1. The van der Waals surface area contributed by atoms with Gasteiger partial charge >= 0.3 is 6.09 Å². The number of nitrogens with one attached hydrogen (secondary N) is 3. The maximum atomic E-state index is 11.9. The van der Waals surface area contributed by atoms with E-state index in [9.17, 15) is 4.79 Å². The molecule has 0 saturated carbocycles. The van der Waals surface area contributed by atoms with E-state index < -0.39 is 11.7 Å². The van der Waals surface area contributed by atoms with Gasteiger partial charge in [0.1, 0.15) is 11.1 Å². The summed E-state index contributed by atoms with van der Waals surface area (Å²) in [6.07, 6.45) is 1.45. The third kappa shape index (κ3) is 5.76. The van der Waals surface area contributed by atoms with Crippen molar-refractivity contribution in [3.05, 3.63) is 89.7 Å². The highest BCUT2D eigenvalue weighted by atomic mass is 32.2. The van der Waals surface area contributed by atoms with Crippen molar-refractivity contribution in [3.63, 3.8) is 0 Å². The van der Waals surface area contributed by atoms with Crippen LogP contribution in [-0.4, -0.2) is 30.9 Å². The SMILES string of the molecule is Cc1cc2c(CNSNC(=O)OC(C)(C)C)cccc2n1-c1nc(NCc2ccccc2)c2cccn2n1. The number of ether oxygens (including phenoxy) is 1. The minimum atomic E-state index is -0.542. The van der Waals surface area contributed by atoms with Gasteiger partial charge in [-0.25, -0.2) is 14.0 Å². The summed E-state index contributed by atoms with van der Waals surface area (Å²) in [6, 6.07) is 22.5. The molecule has 0 spiro atoms. The first-order valence-electron chi connectivity index (χ1n) is 12.4. The van der Waals surface area contributed by atoms with Gasteiger partial charge in [-0.15, -0.1) is 5.10 Å². The lowest BCUT2D eigenvalue weighted by molar-refractivity contribution is 0.0574. The first-order valence-corrected chi connectivity index (χ1v) is 13.2. The molecule has 2 aromatic carbocycles. The zero-order valence-corrected chi connectivity index (χ0v) is 22.7. The van der Waals surface area contributed by atoms with E-state index in [0.29, 0.717) is 19.0 Å². The van der Waals surface area contributed by atoms with Gasteiger partial charge in [-0.2, -0.15) is 4.98 Å². The Balaban J connectivity index is 1.39. The first-order chi connectivity index (χ1) is 18.3. The van der Waals surface area contributed by atoms with Crippen LogP contribution < -0.4 is 14.8 Å². The van der Waals surface area contributed by atoms with E-state index in [4.69, 9.17) is 14.8 Å². The van der Waals surface area contributed by atoms with Crippen LogP contribution in [0.1, 0.15) is 37.6 Å². The Morgan fingerprint density at radius 1 is 1.00 bits per heavy atom. The van der Waals surface area contributed by atoms with E-state index >= 15 is 0 Å². The molecule has 0 saturated heterocycles. The van der Waals surface area contributed by atoms with Gasteiger partial charge < -0.3 is 10.1 Å². The third-order valence-corrected chi connectivity index (χ3v) is 6.43. The van der Waals surface area contributed by atoms with Crippen LogP contribution in [0, 0.1) is 6.92 Å². The van der Waals surface area contributed by atoms with Gasteiger partial charge in [-0.1, -0.05) is 42.5 Å². The fraction of sp³-hybridized carbons (Fsp3) is 0.250. The highest BCUT2D eigenvalue weighted by Crippen LogP contribution is 2.27. The highest BCUT2D eigenvalue weighted by Gasteiger charge is 2.17. The highest BCUT2D eigenvalue weighted by molar-refractivity contribution is 7.95. The molecule has 0 atom stereocenters. The summed E-state index contributed by atoms with van der Waals surface area (Å²) < 4.78 is 15.0. The molecule has 9 nitrogen and oxygen atoms in total. The number of amides is 1. The van der Waals surface area contributed by atoms with E-state index in [1.807, 2.05) is 67.9 Å². The zero-order valence-electron chi connectivity index (χ0n) is 21.9. The summed E-state index contributed by atoms with van der Waals surface area (Å²) in [4.78, 5) is 16.8. The van der Waals surface area contributed by atoms with Crippen molar-refractivity contribution < 1.29 is 9.53 Å². The maximum absolute atomic E-state index is 11.9. The third-order valence-electron chi connectivity index (χ3n) is 5.87. The molecule has 0 aliphatic heterocycles. The number of benzene rings is 2. The van der Waals surface area contributed by atoms with Crippen LogP contribution in [0.25, 0.3) is 22.4 Å². The molecule has 0 unspecified atom stereocenters. The lowest BCUT2D eigenvalue weighted by Gasteiger charge is -2.19. The molecule has 0 fully saturated rings. The van der Waals surface area contributed by atoms with Crippen molar-refractivity contribution in [2.45, 2.75) is 46.4 Å². The molecule has 3 N–H and O–H groups in total. The molecule has 1 amide bonds. The van der Waals surface area contributed by atoms with E-state index in [1.165, 1.54) is 5.56 Å². The number of hydrogen-bond acceptors (Lipinski definition) is 7. The molecule has 5 aromatic rings. The molecule has 0 aliphatic rings. The number of fused-ring (bicyclic) bond motifs is 2. The molecular weight excluding hydrogens is 498 g/mol. The molecular formula is C28H31N7O2S. The lowest BCUT2D eigenvalue weighted by Crippen LogP contribution is -2.30. The molecule has 196 valence electrons. The number of carbonyl (C=O) groups is 1. The standard InChI is InChI=1S/C28H31N7O2S/c1-19-16-22-21(18-30-38-33-27(36)37-28(2,3)4)12-8-13-23(22)35(19)26-31-25(24-14-9-15-34(24)32-26)29-17-20-10-6-5-7-11-20/h5-16,30H,17-18H2,1-4H3,(H,33,36)(H,29,31,32). The van der Waals surface area contributed by atoms with Crippen molar-refractivity contribution in [2.24, 2.45) is 0 Å². The van der Waals surface area contributed by atoms with Crippen molar-refractivity contribution in [3.8, 4) is 5.95 Å². The Morgan fingerprint density at radius 2 is 1.79 bits per heavy atom. The number of aryl methyl sites for hydroxylation is 1. The molecule has 0 bridgehead atoms. The number of hydrogen-bond donors (Lipinski definition) is 3. The van der Waals surface area contributed by atoms with Crippen molar-refractivity contribution in [1.82, 2.24) is 28.6 Å². The number of rotatable bonds is 8. The van der Waals surface area contributed by atoms with Crippen molar-refractivity contribution in [2.75, 3.05) is 5.32 Å². The Hall–Kier alpha value is -4.02. The largest absolute Gasteiger partial charge is 0.443 e. The average molecular weight is 530 g/mol. The smallest absolute Gasteiger partial charge is 0.418 e. The van der Waals surface area contributed by atoms with Gasteiger partial charge in [0, 0.05) is 42.5 Å². The Labute approximate surface area is 225 Å². The normalized spacial score (nSPS) is 11.7. The number of nitrogens with zero attached hydrogens (tertiary/aromatic N) is 4. The molecule has 10 heteroatoms. The van der Waals surface area contributed by atoms with Crippen LogP contribution in [0.5, 0.6) is 0 Å². The second kappa shape index (κ2) is 10.8. The molecule has 38 heavy (non-hydrogen) atoms. The summed E-state index contributed by atoms with van der Waals surface area (Å²) in [7, 11) is 0.